The third kappa shape index (κ3) is 14.1. The molecule has 0 radical (unpaired) electrons. The zero-order chi connectivity index (χ0) is 58.7. The molecule has 1 aliphatic heterocycles. The third-order valence-electron chi connectivity index (χ3n) is 20.8. The molecule has 80 heavy (non-hydrogen) atoms. The monoisotopic (exact) mass is 1110 g/mol. The average Bonchev–Trinajstić information content (AvgIpc) is 3.78. The van der Waals surface area contributed by atoms with Crippen LogP contribution in [-0.4, -0.2) is 81.6 Å². The molecule has 0 spiro atoms. The zero-order valence-corrected chi connectivity index (χ0v) is 50.5. The maximum atomic E-state index is 12.1. The van der Waals surface area contributed by atoms with Gasteiger partial charge in [0.1, 0.15) is 22.4 Å². The summed E-state index contributed by atoms with van der Waals surface area (Å²) in [5.41, 5.74) is 0.798. The minimum absolute atomic E-state index is 0.163. The van der Waals surface area contributed by atoms with Crippen molar-refractivity contribution in [3.05, 3.63) is 60.8 Å². The molecule has 0 amide bonds. The Morgan fingerprint density at radius 2 is 0.950 bits per heavy atom. The fraction of sp³-hybridized carbons (Fsp3) is 0.761. The Hall–Kier alpha value is -4.52. The largest absolute Gasteiger partial charge is 0.463 e. The highest BCUT2D eigenvalue weighted by Crippen LogP contribution is 2.63. The predicted octanol–water partition coefficient (Wildman–Crippen LogP) is 13.5. The fourth-order valence-corrected chi connectivity index (χ4v) is 17.8. The van der Waals surface area contributed by atoms with Gasteiger partial charge >= 0.3 is 35.8 Å². The lowest BCUT2D eigenvalue weighted by Crippen LogP contribution is -2.62. The molecule has 13 nitrogen and oxygen atoms in total. The van der Waals surface area contributed by atoms with Crippen molar-refractivity contribution in [2.45, 2.75) is 251 Å². The molecule has 446 valence electrons. The van der Waals surface area contributed by atoms with Crippen LogP contribution in [0.4, 0.5) is 0 Å². The van der Waals surface area contributed by atoms with Crippen molar-refractivity contribution in [2.24, 2.45) is 65.1 Å². The van der Waals surface area contributed by atoms with Crippen LogP contribution in [0.15, 0.2) is 60.8 Å². The van der Waals surface area contributed by atoms with Crippen LogP contribution in [0.25, 0.3) is 0 Å². The Labute approximate surface area is 479 Å². The summed E-state index contributed by atoms with van der Waals surface area (Å²) in [6.07, 6.45) is 25.8. The van der Waals surface area contributed by atoms with Gasteiger partial charge in [0.05, 0.1) is 12.2 Å². The van der Waals surface area contributed by atoms with Crippen LogP contribution in [0, 0.1) is 65.1 Å². The van der Waals surface area contributed by atoms with Crippen LogP contribution in [0.5, 0.6) is 0 Å². The smallest absolute Gasteiger partial charge is 0.347 e. The highest BCUT2D eigenvalue weighted by molar-refractivity contribution is 5.90. The standard InChI is InChI=1S/C17H26O2.C16H24O2.C14H20O3.C12H20O2.C8H10O4/c1-10(2)16(18)19-17(11(3)4)14-6-12-5-13(8-14)9-15(17)7-12;1-4-16(18-15(17)10(2)3)13-6-11-5-12(8-13)9-14(16)7-11;1-9(2)12(15)17-14-6-10-3-11(7-14)5-13(16,4-10)8-14;1-4-12(8-6-5-7-9-12)14-11(13)10(2)3;1-5(2)7(9)12-6-3-4-11-8(6)10/h11-15H,1,5-9H2,2-4H3;11-14H,2,4-9H2,1,3H3;10-11,16H,1,3-8H2,2H3;2,4-9H2,1,3H3;6H,1,3-4H2,2H3. The van der Waals surface area contributed by atoms with E-state index < -0.39 is 29.2 Å². The number of hydrogen-bond acceptors (Lipinski definition) is 13. The van der Waals surface area contributed by atoms with E-state index in [2.05, 4.69) is 65.3 Å². The second-order valence-corrected chi connectivity index (χ2v) is 27.7. The summed E-state index contributed by atoms with van der Waals surface area (Å²) < 4.78 is 32.7. The van der Waals surface area contributed by atoms with E-state index in [1.54, 1.807) is 27.7 Å². The third-order valence-corrected chi connectivity index (χ3v) is 20.8. The minimum Gasteiger partial charge on any atom is -0.463 e. The van der Waals surface area contributed by atoms with E-state index in [0.29, 0.717) is 83.2 Å². The van der Waals surface area contributed by atoms with Gasteiger partial charge in [0.25, 0.3) is 0 Å². The van der Waals surface area contributed by atoms with E-state index in [4.69, 9.17) is 23.7 Å². The van der Waals surface area contributed by atoms with E-state index in [0.717, 1.165) is 75.0 Å². The predicted molar refractivity (Wildman–Crippen MR) is 307 cm³/mol. The molecule has 13 saturated carbocycles. The molecule has 0 aromatic heterocycles. The van der Waals surface area contributed by atoms with Crippen molar-refractivity contribution in [3.63, 3.8) is 0 Å². The van der Waals surface area contributed by atoms with Gasteiger partial charge in [-0.15, -0.1) is 0 Å². The second kappa shape index (κ2) is 25.5. The normalized spacial score (nSPS) is 37.2. The van der Waals surface area contributed by atoms with Crippen LogP contribution >= 0.6 is 0 Å². The topological polar surface area (TPSA) is 178 Å². The van der Waals surface area contributed by atoms with E-state index in [-0.39, 0.29) is 46.3 Å². The van der Waals surface area contributed by atoms with Crippen molar-refractivity contribution < 1.29 is 62.3 Å². The minimum atomic E-state index is -0.728. The zero-order valence-electron chi connectivity index (χ0n) is 50.5. The molecule has 1 saturated heterocycles. The van der Waals surface area contributed by atoms with Crippen molar-refractivity contribution >= 4 is 35.8 Å². The first kappa shape index (κ1) is 63.1. The number of ether oxygens (including phenoxy) is 6. The highest BCUT2D eigenvalue weighted by Gasteiger charge is 2.62. The number of carbonyl (C=O) groups excluding carboxylic acids is 6. The molecular weight excluding hydrogens is 1010 g/mol. The summed E-state index contributed by atoms with van der Waals surface area (Å²) >= 11 is 0. The lowest BCUT2D eigenvalue weighted by molar-refractivity contribution is -0.221. The summed E-state index contributed by atoms with van der Waals surface area (Å²) in [6, 6.07) is 0. The van der Waals surface area contributed by atoms with Crippen LogP contribution in [0.1, 0.15) is 216 Å². The number of rotatable bonds is 13. The van der Waals surface area contributed by atoms with Crippen LogP contribution in [0.3, 0.4) is 0 Å². The van der Waals surface area contributed by atoms with Gasteiger partial charge in [-0.1, -0.05) is 67.0 Å². The SMILES string of the molecule is C=C(C)C(=O)OC1(C(C)C)C2CC3CC(C2)CC1C3.C=C(C)C(=O)OC1(CC)C2CC3CC(C2)CC1C3.C=C(C)C(=O)OC1(CC)CCCCC1.C=C(C)C(=O)OC12CC3CC(CC(O)(C3)C1)C2.C=C(C)C(=O)OC1CCOC1=O. The summed E-state index contributed by atoms with van der Waals surface area (Å²) in [5.74, 6) is 5.63. The van der Waals surface area contributed by atoms with Crippen molar-refractivity contribution in [1.29, 1.82) is 0 Å². The molecule has 0 aromatic rings. The van der Waals surface area contributed by atoms with Gasteiger partial charge in [-0.3, -0.25) is 0 Å². The average molecular weight is 1110 g/mol. The lowest BCUT2D eigenvalue weighted by atomic mass is 9.47. The Morgan fingerprint density at radius 1 is 0.537 bits per heavy atom. The van der Waals surface area contributed by atoms with Gasteiger partial charge < -0.3 is 33.5 Å². The first-order valence-electron chi connectivity index (χ1n) is 30.9. The first-order chi connectivity index (χ1) is 37.6. The second-order valence-electron chi connectivity index (χ2n) is 27.7. The molecule has 14 fully saturated rings. The van der Waals surface area contributed by atoms with Gasteiger partial charge in [0.2, 0.25) is 6.10 Å². The molecule has 0 aromatic carbocycles. The van der Waals surface area contributed by atoms with Gasteiger partial charge in [-0.05, 0) is 235 Å². The number of hydrogen-bond donors (Lipinski definition) is 1. The Balaban J connectivity index is 0.000000146. The van der Waals surface area contributed by atoms with Crippen LogP contribution in [0.2, 0.25) is 0 Å². The summed E-state index contributed by atoms with van der Waals surface area (Å²) in [6.45, 7) is 35.6. The van der Waals surface area contributed by atoms with Crippen LogP contribution < -0.4 is 0 Å². The molecule has 14 aliphatic rings. The number of esters is 6. The van der Waals surface area contributed by atoms with Gasteiger partial charge in [-0.25, -0.2) is 28.8 Å². The number of carbonyl (C=O) groups is 6. The summed E-state index contributed by atoms with van der Waals surface area (Å²) in [5, 5.41) is 10.5. The van der Waals surface area contributed by atoms with E-state index >= 15 is 0 Å². The molecule has 14 rings (SSSR count). The fourth-order valence-electron chi connectivity index (χ4n) is 17.8. The highest BCUT2D eigenvalue weighted by atomic mass is 16.6. The van der Waals surface area contributed by atoms with E-state index in [1.165, 1.54) is 96.8 Å². The van der Waals surface area contributed by atoms with Gasteiger partial charge in [0.15, 0.2) is 0 Å². The van der Waals surface area contributed by atoms with E-state index in [9.17, 15) is 33.9 Å². The van der Waals surface area contributed by atoms with Crippen molar-refractivity contribution in [2.75, 3.05) is 6.61 Å². The molecule has 1 heterocycles. The molecule has 12 bridgehead atoms. The van der Waals surface area contributed by atoms with Gasteiger partial charge in [0, 0.05) is 40.7 Å². The summed E-state index contributed by atoms with van der Waals surface area (Å²) in [7, 11) is 0. The maximum absolute atomic E-state index is 12.1. The molecular formula is C67H100O13. The quantitative estimate of drug-likeness (QED) is 0.105. The van der Waals surface area contributed by atoms with Crippen molar-refractivity contribution in [3.8, 4) is 0 Å². The van der Waals surface area contributed by atoms with E-state index in [1.807, 2.05) is 0 Å². The molecule has 13 aliphatic carbocycles. The molecule has 1 N–H and O–H groups in total. The van der Waals surface area contributed by atoms with Crippen LogP contribution in [-0.2, 0) is 57.2 Å². The van der Waals surface area contributed by atoms with Crippen molar-refractivity contribution in [1.82, 2.24) is 0 Å². The Bertz CT molecular complexity index is 2310. The number of cyclic esters (lactones) is 1. The first-order valence-corrected chi connectivity index (χ1v) is 30.9. The van der Waals surface area contributed by atoms with Gasteiger partial charge in [-0.2, -0.15) is 0 Å². The molecule has 3 unspecified atom stereocenters. The Kier molecular flexibility index (Phi) is 20.1. The summed E-state index contributed by atoms with van der Waals surface area (Å²) in [4.78, 5) is 69.0. The molecule has 3 atom stereocenters. The lowest BCUT2D eigenvalue weighted by Gasteiger charge is -2.61. The maximum Gasteiger partial charge on any atom is 0.347 e. The number of aliphatic hydroxyl groups is 1. The molecule has 13 heteroatoms. The Morgan fingerprint density at radius 3 is 1.34 bits per heavy atom.